The number of rotatable bonds is 15. The van der Waals surface area contributed by atoms with Crippen molar-refractivity contribution in [3.63, 3.8) is 0 Å². The number of phenols is 1. The number of nitrogens with zero attached hydrogens (tertiary/aromatic N) is 1. The number of carbonyl (C=O) groups is 4. The van der Waals surface area contributed by atoms with Gasteiger partial charge in [-0.15, -0.1) is 0 Å². The van der Waals surface area contributed by atoms with Gasteiger partial charge in [0.05, 0.1) is 7.11 Å². The Kier molecular flexibility index (Phi) is 14.6. The van der Waals surface area contributed by atoms with Gasteiger partial charge in [0, 0.05) is 12.3 Å². The minimum absolute atomic E-state index is 0.0401. The van der Waals surface area contributed by atoms with Gasteiger partial charge in [0.15, 0.2) is 0 Å². The first-order chi connectivity index (χ1) is 17.9. The van der Waals surface area contributed by atoms with E-state index >= 15 is 0 Å². The molecule has 2 atom stereocenters. The maximum absolute atomic E-state index is 13.8. The highest BCUT2D eigenvalue weighted by Gasteiger charge is 2.36. The summed E-state index contributed by atoms with van der Waals surface area (Å²) >= 11 is 4.27. The fourth-order valence-electron chi connectivity index (χ4n) is 3.76. The molecule has 2 unspecified atom stereocenters. The van der Waals surface area contributed by atoms with Crippen molar-refractivity contribution in [2.75, 3.05) is 26.0 Å². The number of benzene rings is 1. The van der Waals surface area contributed by atoms with Crippen molar-refractivity contribution in [3.05, 3.63) is 29.8 Å². The summed E-state index contributed by atoms with van der Waals surface area (Å²) < 4.78 is 9.92. The Labute approximate surface area is 231 Å². The number of aromatic hydroxyl groups is 1. The van der Waals surface area contributed by atoms with Crippen molar-refractivity contribution in [2.24, 2.45) is 0 Å². The van der Waals surface area contributed by atoms with Crippen molar-refractivity contribution in [1.29, 1.82) is 0 Å². The SMILES string of the molecule is CCCCCCCCN(C(=O)C(CS)NC(=O)OC(C)(C)C)C(C(=O)NCC(=O)OC)c1cccc(O)c1. The molecule has 0 aliphatic rings. The molecule has 0 heterocycles. The summed E-state index contributed by atoms with van der Waals surface area (Å²) in [6, 6.07) is 3.75. The van der Waals surface area contributed by atoms with Crippen molar-refractivity contribution < 1.29 is 33.8 Å². The average Bonchev–Trinajstić information content (AvgIpc) is 2.85. The summed E-state index contributed by atoms with van der Waals surface area (Å²) in [4.78, 5) is 52.7. The summed E-state index contributed by atoms with van der Waals surface area (Å²) in [5.74, 6) is -1.95. The molecular weight excluding hydrogens is 510 g/mol. The second-order valence-corrected chi connectivity index (χ2v) is 10.3. The third-order valence-electron chi connectivity index (χ3n) is 5.59. The van der Waals surface area contributed by atoms with Crippen molar-refractivity contribution in [3.8, 4) is 5.75 Å². The number of hydrogen-bond acceptors (Lipinski definition) is 8. The molecule has 1 aromatic carbocycles. The number of methoxy groups -OCH3 is 1. The number of amides is 3. The molecule has 1 aromatic rings. The van der Waals surface area contributed by atoms with Crippen LogP contribution in [-0.2, 0) is 23.9 Å². The van der Waals surface area contributed by atoms with Crippen LogP contribution >= 0.6 is 12.6 Å². The lowest BCUT2D eigenvalue weighted by molar-refractivity contribution is -0.144. The Morgan fingerprint density at radius 3 is 2.32 bits per heavy atom. The summed E-state index contributed by atoms with van der Waals surface area (Å²) in [6.45, 7) is 7.06. The van der Waals surface area contributed by atoms with E-state index in [1.54, 1.807) is 32.9 Å². The van der Waals surface area contributed by atoms with Crippen LogP contribution in [0.25, 0.3) is 0 Å². The summed E-state index contributed by atoms with van der Waals surface area (Å²) in [5, 5.41) is 15.2. The molecule has 214 valence electrons. The Morgan fingerprint density at radius 1 is 1.08 bits per heavy atom. The molecule has 3 N–H and O–H groups in total. The topological polar surface area (TPSA) is 134 Å². The lowest BCUT2D eigenvalue weighted by Gasteiger charge is -2.34. The van der Waals surface area contributed by atoms with Gasteiger partial charge in [-0.25, -0.2) is 4.79 Å². The lowest BCUT2D eigenvalue weighted by Crippen LogP contribution is -2.54. The van der Waals surface area contributed by atoms with E-state index < -0.39 is 48.1 Å². The maximum Gasteiger partial charge on any atom is 0.408 e. The van der Waals surface area contributed by atoms with Crippen LogP contribution in [-0.4, -0.2) is 71.5 Å². The summed E-state index contributed by atoms with van der Waals surface area (Å²) in [6.07, 6.45) is 4.93. The van der Waals surface area contributed by atoms with Crippen LogP contribution in [0.5, 0.6) is 5.75 Å². The van der Waals surface area contributed by atoms with Crippen LogP contribution in [0.1, 0.15) is 77.8 Å². The number of phenolic OH excluding ortho intramolecular Hbond substituents is 1. The highest BCUT2D eigenvalue weighted by molar-refractivity contribution is 7.80. The van der Waals surface area contributed by atoms with Gasteiger partial charge in [-0.3, -0.25) is 14.4 Å². The van der Waals surface area contributed by atoms with E-state index in [2.05, 4.69) is 34.9 Å². The molecule has 0 saturated heterocycles. The standard InChI is InChI=1S/C27H43N3O7S/c1-6-7-8-9-10-11-15-30(25(34)21(18-38)29-26(35)37-27(2,3)4)23(19-13-12-14-20(31)16-19)24(33)28-17-22(32)36-5/h12-14,16,21,23,31,38H,6-11,15,17-18H2,1-5H3,(H,28,33)(H,29,35). The van der Waals surface area contributed by atoms with E-state index in [1.807, 2.05) is 0 Å². The molecule has 0 aliphatic carbocycles. The molecule has 0 aliphatic heterocycles. The fourth-order valence-corrected chi connectivity index (χ4v) is 4.01. The highest BCUT2D eigenvalue weighted by Crippen LogP contribution is 2.26. The van der Waals surface area contributed by atoms with Crippen molar-refractivity contribution in [2.45, 2.75) is 83.9 Å². The smallest absolute Gasteiger partial charge is 0.408 e. The van der Waals surface area contributed by atoms with Gasteiger partial charge in [-0.05, 0) is 44.9 Å². The summed E-state index contributed by atoms with van der Waals surface area (Å²) in [7, 11) is 1.20. The molecular formula is C27H43N3O7S. The van der Waals surface area contributed by atoms with E-state index in [9.17, 15) is 24.3 Å². The Bertz CT molecular complexity index is 920. The molecule has 10 nitrogen and oxygen atoms in total. The number of esters is 1. The molecule has 38 heavy (non-hydrogen) atoms. The minimum atomic E-state index is -1.18. The predicted octanol–water partition coefficient (Wildman–Crippen LogP) is 3.73. The van der Waals surface area contributed by atoms with Gasteiger partial charge in [0.2, 0.25) is 11.8 Å². The van der Waals surface area contributed by atoms with Crippen LogP contribution in [0.4, 0.5) is 4.79 Å². The van der Waals surface area contributed by atoms with Crippen LogP contribution in [0.2, 0.25) is 0 Å². The predicted molar refractivity (Wildman–Crippen MR) is 148 cm³/mol. The van der Waals surface area contributed by atoms with E-state index in [0.717, 1.165) is 32.1 Å². The van der Waals surface area contributed by atoms with Crippen LogP contribution < -0.4 is 10.6 Å². The van der Waals surface area contributed by atoms with Crippen molar-refractivity contribution in [1.82, 2.24) is 15.5 Å². The van der Waals surface area contributed by atoms with Gasteiger partial charge < -0.3 is 30.1 Å². The second kappa shape index (κ2) is 16.8. The van der Waals surface area contributed by atoms with E-state index in [4.69, 9.17) is 4.74 Å². The zero-order valence-electron chi connectivity index (χ0n) is 23.1. The zero-order chi connectivity index (χ0) is 28.7. The number of nitrogens with one attached hydrogen (secondary N) is 2. The number of unbranched alkanes of at least 4 members (excludes halogenated alkanes) is 5. The minimum Gasteiger partial charge on any atom is -0.508 e. The van der Waals surface area contributed by atoms with Gasteiger partial charge in [-0.2, -0.15) is 12.6 Å². The van der Waals surface area contributed by atoms with Crippen LogP contribution in [0, 0.1) is 0 Å². The summed E-state index contributed by atoms with van der Waals surface area (Å²) in [5.41, 5.74) is -0.425. The Balaban J connectivity index is 3.33. The first kappa shape index (κ1) is 33.1. The monoisotopic (exact) mass is 553 g/mol. The molecule has 0 radical (unpaired) electrons. The third kappa shape index (κ3) is 12.1. The third-order valence-corrected chi connectivity index (χ3v) is 5.95. The molecule has 0 saturated carbocycles. The first-order valence-electron chi connectivity index (χ1n) is 13.0. The van der Waals surface area contributed by atoms with Crippen molar-refractivity contribution >= 4 is 36.5 Å². The quantitative estimate of drug-likeness (QED) is 0.148. The number of ether oxygens (including phenoxy) is 2. The van der Waals surface area contributed by atoms with Gasteiger partial charge >= 0.3 is 12.1 Å². The molecule has 3 amide bonds. The highest BCUT2D eigenvalue weighted by atomic mass is 32.1. The molecule has 0 bridgehead atoms. The molecule has 0 fully saturated rings. The molecule has 11 heteroatoms. The number of alkyl carbamates (subject to hydrolysis) is 1. The van der Waals surface area contributed by atoms with Gasteiger partial charge in [0.1, 0.15) is 30.0 Å². The second-order valence-electron chi connectivity index (χ2n) is 9.97. The normalized spacial score (nSPS) is 12.7. The van der Waals surface area contributed by atoms with Gasteiger partial charge in [0.25, 0.3) is 0 Å². The van der Waals surface area contributed by atoms with Crippen LogP contribution in [0.3, 0.4) is 0 Å². The number of hydrogen-bond donors (Lipinski definition) is 4. The lowest BCUT2D eigenvalue weighted by atomic mass is 10.0. The fraction of sp³-hybridized carbons (Fsp3) is 0.630. The Morgan fingerprint density at radius 2 is 1.74 bits per heavy atom. The van der Waals surface area contributed by atoms with Crippen LogP contribution in [0.15, 0.2) is 24.3 Å². The molecule has 0 aromatic heterocycles. The van der Waals surface area contributed by atoms with E-state index in [-0.39, 0.29) is 18.0 Å². The average molecular weight is 554 g/mol. The molecule has 0 spiro atoms. The van der Waals surface area contributed by atoms with Gasteiger partial charge in [-0.1, -0.05) is 51.2 Å². The first-order valence-corrected chi connectivity index (χ1v) is 13.6. The van der Waals surface area contributed by atoms with E-state index in [1.165, 1.54) is 24.1 Å². The molecule has 1 rings (SSSR count). The zero-order valence-corrected chi connectivity index (χ0v) is 24.0. The van der Waals surface area contributed by atoms with E-state index in [0.29, 0.717) is 12.0 Å². The number of thiol groups is 1. The maximum atomic E-state index is 13.8. The Hall–Kier alpha value is -2.95. The number of carbonyl (C=O) groups excluding carboxylic acids is 4. The largest absolute Gasteiger partial charge is 0.508 e.